The number of rotatable bonds is 6. The van der Waals surface area contributed by atoms with E-state index in [0.29, 0.717) is 0 Å². The summed E-state index contributed by atoms with van der Waals surface area (Å²) in [5, 5.41) is 16.0. The molecule has 2 atom stereocenters. The Morgan fingerprint density at radius 2 is 2.16 bits per heavy atom. The Balaban J connectivity index is 2.25. The molecular weight excluding hydrogens is 382 g/mol. The van der Waals surface area contributed by atoms with Crippen LogP contribution >= 0.6 is 11.3 Å². The first-order chi connectivity index (χ1) is 11.6. The minimum absolute atomic E-state index is 0.00660. The van der Waals surface area contributed by atoms with Gasteiger partial charge in [0, 0.05) is 5.38 Å². The van der Waals surface area contributed by atoms with Crippen LogP contribution < -0.4 is 11.1 Å². The van der Waals surface area contributed by atoms with Crippen LogP contribution in [0.25, 0.3) is 0 Å². The Morgan fingerprint density at radius 3 is 2.60 bits per heavy atom. The highest BCUT2D eigenvalue weighted by atomic mass is 32.2. The first kappa shape index (κ1) is 18.6. The lowest BCUT2D eigenvalue weighted by Crippen LogP contribution is -2.74. The number of carbonyl (C=O) groups is 3. The summed E-state index contributed by atoms with van der Waals surface area (Å²) in [5.41, 5.74) is 5.05. The van der Waals surface area contributed by atoms with E-state index in [1.807, 2.05) is 5.32 Å². The SMILES string of the molecule is CO/N=C(\C(=O)N[C@H]1C(=O)N(S(=O)(=O)O)[C@H]1C(=O)O)c1csc(N)n1. The molecule has 5 N–H and O–H groups in total. The monoisotopic (exact) mass is 393 g/mol. The Kier molecular flexibility index (Phi) is 4.91. The number of hydrogen-bond acceptors (Lipinski definition) is 10. The van der Waals surface area contributed by atoms with Crippen molar-refractivity contribution in [1.29, 1.82) is 0 Å². The van der Waals surface area contributed by atoms with Gasteiger partial charge in [-0.2, -0.15) is 12.7 Å². The Morgan fingerprint density at radius 1 is 1.52 bits per heavy atom. The quantitative estimate of drug-likeness (QED) is 0.175. The van der Waals surface area contributed by atoms with Crippen molar-refractivity contribution in [2.75, 3.05) is 12.8 Å². The second-order valence-electron chi connectivity index (χ2n) is 4.54. The summed E-state index contributed by atoms with van der Waals surface area (Å²) in [5.74, 6) is -4.12. The number of nitrogens with one attached hydrogen (secondary N) is 1. The number of oxime groups is 1. The van der Waals surface area contributed by atoms with Gasteiger partial charge in [-0.05, 0) is 0 Å². The van der Waals surface area contributed by atoms with E-state index in [1.165, 1.54) is 5.38 Å². The van der Waals surface area contributed by atoms with Crippen LogP contribution in [0.1, 0.15) is 5.69 Å². The molecule has 0 aliphatic carbocycles. The number of amides is 2. The normalized spacial score (nSPS) is 20.8. The third-order valence-electron chi connectivity index (χ3n) is 3.00. The molecule has 1 aliphatic rings. The fourth-order valence-electron chi connectivity index (χ4n) is 2.01. The number of nitrogens with zero attached hydrogens (tertiary/aromatic N) is 3. The maximum atomic E-state index is 12.2. The number of hydrogen-bond donors (Lipinski definition) is 4. The van der Waals surface area contributed by atoms with Gasteiger partial charge in [-0.25, -0.2) is 9.78 Å². The van der Waals surface area contributed by atoms with Crippen molar-refractivity contribution in [3.8, 4) is 0 Å². The Bertz CT molecular complexity index is 862. The highest BCUT2D eigenvalue weighted by Crippen LogP contribution is 2.24. The number of aromatic nitrogens is 1. The average molecular weight is 393 g/mol. The molecule has 1 saturated heterocycles. The van der Waals surface area contributed by atoms with Crippen LogP contribution in [0.2, 0.25) is 0 Å². The van der Waals surface area contributed by atoms with Crippen molar-refractivity contribution in [2.45, 2.75) is 12.1 Å². The molecule has 13 nitrogen and oxygen atoms in total. The van der Waals surface area contributed by atoms with Crippen molar-refractivity contribution in [3.63, 3.8) is 0 Å². The first-order valence-corrected chi connectivity index (χ1v) is 8.52. The number of nitrogens with two attached hydrogens (primary N) is 1. The molecule has 1 aromatic heterocycles. The van der Waals surface area contributed by atoms with Gasteiger partial charge >= 0.3 is 16.3 Å². The molecule has 0 saturated carbocycles. The van der Waals surface area contributed by atoms with E-state index >= 15 is 0 Å². The highest BCUT2D eigenvalue weighted by molar-refractivity contribution is 7.84. The van der Waals surface area contributed by atoms with Crippen LogP contribution in [0, 0.1) is 0 Å². The zero-order valence-corrected chi connectivity index (χ0v) is 13.9. The van der Waals surface area contributed by atoms with Crippen molar-refractivity contribution in [3.05, 3.63) is 11.1 Å². The van der Waals surface area contributed by atoms with E-state index in [4.69, 9.17) is 15.4 Å². The number of β-lactam (4-membered cyclic amide) rings is 1. The third-order valence-corrected chi connectivity index (χ3v) is 4.58. The van der Waals surface area contributed by atoms with Crippen LogP contribution in [0.4, 0.5) is 5.13 Å². The van der Waals surface area contributed by atoms with Crippen LogP contribution in [-0.2, 0) is 29.5 Å². The molecule has 25 heavy (non-hydrogen) atoms. The Hall–Kier alpha value is -2.78. The third kappa shape index (κ3) is 3.52. The fourth-order valence-corrected chi connectivity index (χ4v) is 3.39. The first-order valence-electron chi connectivity index (χ1n) is 6.24. The fraction of sp³-hybridized carbons (Fsp3) is 0.300. The maximum Gasteiger partial charge on any atom is 0.363 e. The maximum absolute atomic E-state index is 12.2. The van der Waals surface area contributed by atoms with Crippen LogP contribution in [0.3, 0.4) is 0 Å². The molecular formula is C10H11N5O8S2. The second-order valence-corrected chi connectivity index (χ2v) is 6.72. The van der Waals surface area contributed by atoms with E-state index < -0.39 is 45.9 Å². The van der Waals surface area contributed by atoms with Gasteiger partial charge in [0.05, 0.1) is 0 Å². The average Bonchev–Trinajstić information content (AvgIpc) is 2.91. The Labute approximate surface area is 143 Å². The number of thiazole rings is 1. The number of carboxylic acid groups (broad SMARTS) is 1. The molecule has 0 bridgehead atoms. The van der Waals surface area contributed by atoms with E-state index in [-0.39, 0.29) is 15.1 Å². The minimum atomic E-state index is -5.09. The molecule has 2 rings (SSSR count). The summed E-state index contributed by atoms with van der Waals surface area (Å²) in [4.78, 5) is 43.5. The van der Waals surface area contributed by atoms with E-state index in [9.17, 15) is 22.8 Å². The zero-order valence-electron chi connectivity index (χ0n) is 12.3. The summed E-state index contributed by atoms with van der Waals surface area (Å²) < 4.78 is 30.7. The molecule has 136 valence electrons. The molecule has 1 aliphatic heterocycles. The van der Waals surface area contributed by atoms with Gasteiger partial charge < -0.3 is 21.0 Å². The van der Waals surface area contributed by atoms with Gasteiger partial charge in [0.1, 0.15) is 18.8 Å². The van der Waals surface area contributed by atoms with Gasteiger partial charge in [0.15, 0.2) is 16.9 Å². The van der Waals surface area contributed by atoms with Crippen LogP contribution in [0.15, 0.2) is 10.5 Å². The molecule has 0 unspecified atom stereocenters. The standard InChI is InChI=1S/C10H11N5O8S2/c1-23-14-4(3-2-24-10(11)12-3)7(16)13-5-6(9(18)19)15(8(5)17)25(20,21)22/h2,5-6H,1H3,(H2,11,12)(H,13,16)(H,18,19)(H,20,21,22)/b14-4-/t5-,6-/m1/s1. The topological polar surface area (TPSA) is 202 Å². The van der Waals surface area contributed by atoms with Crippen LogP contribution in [-0.4, -0.2) is 70.1 Å². The van der Waals surface area contributed by atoms with Crippen molar-refractivity contribution in [2.24, 2.45) is 5.16 Å². The van der Waals surface area contributed by atoms with Crippen molar-refractivity contribution >= 4 is 50.3 Å². The van der Waals surface area contributed by atoms with Gasteiger partial charge in [0.25, 0.3) is 11.8 Å². The lowest BCUT2D eigenvalue weighted by atomic mass is 9.98. The summed E-state index contributed by atoms with van der Waals surface area (Å²) in [6.45, 7) is 0. The lowest BCUT2D eigenvalue weighted by molar-refractivity contribution is -0.160. The molecule has 15 heteroatoms. The smallest absolute Gasteiger partial charge is 0.363 e. The molecule has 2 heterocycles. The van der Waals surface area contributed by atoms with E-state index in [1.54, 1.807) is 0 Å². The van der Waals surface area contributed by atoms with Crippen LogP contribution in [0.5, 0.6) is 0 Å². The van der Waals surface area contributed by atoms with Gasteiger partial charge in [0.2, 0.25) is 0 Å². The summed E-state index contributed by atoms with van der Waals surface area (Å²) in [6.07, 6.45) is 0. The second kappa shape index (κ2) is 6.61. The number of carbonyl (C=O) groups excluding carboxylic acids is 2. The number of anilines is 1. The highest BCUT2D eigenvalue weighted by Gasteiger charge is 2.58. The number of carboxylic acids is 1. The predicted octanol–water partition coefficient (Wildman–Crippen LogP) is -2.34. The summed E-state index contributed by atoms with van der Waals surface area (Å²) in [7, 11) is -3.95. The molecule has 0 aromatic carbocycles. The summed E-state index contributed by atoms with van der Waals surface area (Å²) in [6, 6.07) is -3.74. The zero-order chi connectivity index (χ0) is 18.9. The van der Waals surface area contributed by atoms with Gasteiger partial charge in [-0.3, -0.25) is 14.1 Å². The number of nitrogen functional groups attached to an aromatic ring is 1. The van der Waals surface area contributed by atoms with Crippen molar-refractivity contribution < 1.29 is 37.3 Å². The predicted molar refractivity (Wildman–Crippen MR) is 81.8 cm³/mol. The number of aliphatic carboxylic acids is 1. The van der Waals surface area contributed by atoms with E-state index in [0.717, 1.165) is 18.4 Å². The lowest BCUT2D eigenvalue weighted by Gasteiger charge is -2.41. The summed E-state index contributed by atoms with van der Waals surface area (Å²) >= 11 is 0.993. The molecule has 0 spiro atoms. The molecule has 2 amide bonds. The van der Waals surface area contributed by atoms with Gasteiger partial charge in [-0.15, -0.1) is 11.3 Å². The largest absolute Gasteiger partial charge is 0.480 e. The van der Waals surface area contributed by atoms with E-state index in [2.05, 4.69) is 15.0 Å². The van der Waals surface area contributed by atoms with Crippen molar-refractivity contribution in [1.82, 2.24) is 14.6 Å². The minimum Gasteiger partial charge on any atom is -0.480 e. The molecule has 1 aromatic rings. The van der Waals surface area contributed by atoms with Gasteiger partial charge in [-0.1, -0.05) is 5.16 Å². The molecule has 0 radical (unpaired) electrons. The molecule has 1 fully saturated rings.